The molecule has 2 heterocycles. The zero-order valence-electron chi connectivity index (χ0n) is 14.4. The lowest BCUT2D eigenvalue weighted by Crippen LogP contribution is -2.33. The molecule has 4 rings (SSSR count). The molecule has 4 N–H and O–H groups in total. The number of aromatic hydroxyl groups is 2. The molecule has 28 heavy (non-hydrogen) atoms. The zero-order valence-corrected chi connectivity index (χ0v) is 15.1. The highest BCUT2D eigenvalue weighted by Gasteiger charge is 2.27. The summed E-state index contributed by atoms with van der Waals surface area (Å²) in [6.07, 6.45) is 0.291. The van der Waals surface area contributed by atoms with E-state index in [9.17, 15) is 19.8 Å². The van der Waals surface area contributed by atoms with Crippen LogP contribution in [-0.4, -0.2) is 25.5 Å². The number of halogens is 1. The van der Waals surface area contributed by atoms with Crippen LogP contribution in [0, 0.1) is 0 Å². The van der Waals surface area contributed by atoms with Crippen LogP contribution < -0.4 is 16.7 Å². The zero-order chi connectivity index (χ0) is 19.8. The molecule has 0 bridgehead atoms. The largest absolute Gasteiger partial charge is 0.508 e. The second-order valence-corrected chi connectivity index (χ2v) is 6.75. The molecule has 1 aliphatic rings. The molecule has 142 valence electrons. The normalized spacial score (nSPS) is 15.9. The van der Waals surface area contributed by atoms with Crippen molar-refractivity contribution >= 4 is 17.3 Å². The highest BCUT2D eigenvalue weighted by atomic mass is 35.5. The SMILES string of the molecule is O=c1[nH]c(=O)n(-c2ccc(Cl)cc2)c(O)c1C1=NN[C@H](c2cccc(O)c2)C1. The minimum absolute atomic E-state index is 0.0929. The summed E-state index contributed by atoms with van der Waals surface area (Å²) in [5.74, 6) is -0.391. The summed E-state index contributed by atoms with van der Waals surface area (Å²) in [5.41, 5.74) is 2.72. The van der Waals surface area contributed by atoms with Gasteiger partial charge < -0.3 is 15.6 Å². The fourth-order valence-electron chi connectivity index (χ4n) is 3.15. The minimum Gasteiger partial charge on any atom is -0.508 e. The van der Waals surface area contributed by atoms with Crippen LogP contribution in [0.5, 0.6) is 11.6 Å². The van der Waals surface area contributed by atoms with Gasteiger partial charge in [0, 0.05) is 11.4 Å². The lowest BCUT2D eigenvalue weighted by Gasteiger charge is -2.12. The number of nitrogens with zero attached hydrogens (tertiary/aromatic N) is 2. The summed E-state index contributed by atoms with van der Waals surface area (Å²) in [5, 5.41) is 25.0. The van der Waals surface area contributed by atoms with Crippen molar-refractivity contribution < 1.29 is 10.2 Å². The van der Waals surface area contributed by atoms with Crippen LogP contribution in [0.25, 0.3) is 5.69 Å². The summed E-state index contributed by atoms with van der Waals surface area (Å²) in [6, 6.07) is 12.6. The second kappa shape index (κ2) is 6.90. The van der Waals surface area contributed by atoms with Crippen LogP contribution in [0.4, 0.5) is 0 Å². The summed E-state index contributed by atoms with van der Waals surface area (Å²) < 4.78 is 0.983. The van der Waals surface area contributed by atoms with Crippen LogP contribution >= 0.6 is 11.6 Å². The van der Waals surface area contributed by atoms with Gasteiger partial charge in [0.1, 0.15) is 11.3 Å². The quantitative estimate of drug-likeness (QED) is 0.538. The predicted molar refractivity (Wildman–Crippen MR) is 104 cm³/mol. The number of phenols is 1. The van der Waals surface area contributed by atoms with E-state index in [0.29, 0.717) is 22.8 Å². The molecule has 1 aliphatic heterocycles. The van der Waals surface area contributed by atoms with Crippen LogP contribution in [-0.2, 0) is 0 Å². The van der Waals surface area contributed by atoms with E-state index in [0.717, 1.165) is 10.1 Å². The minimum atomic E-state index is -0.773. The Morgan fingerprint density at radius 1 is 1.11 bits per heavy atom. The number of aromatic amines is 1. The Hall–Kier alpha value is -3.52. The molecule has 0 aliphatic carbocycles. The lowest BCUT2D eigenvalue weighted by molar-refractivity contribution is 0.429. The van der Waals surface area contributed by atoms with Crippen molar-refractivity contribution in [1.29, 1.82) is 0 Å². The Kier molecular flexibility index (Phi) is 4.40. The molecule has 0 spiro atoms. The highest BCUT2D eigenvalue weighted by molar-refractivity contribution is 6.30. The third kappa shape index (κ3) is 3.14. The highest BCUT2D eigenvalue weighted by Crippen LogP contribution is 2.28. The van der Waals surface area contributed by atoms with Gasteiger partial charge in [-0.3, -0.25) is 9.78 Å². The molecule has 0 radical (unpaired) electrons. The number of aromatic nitrogens is 2. The molecular weight excluding hydrogens is 384 g/mol. The van der Waals surface area contributed by atoms with Gasteiger partial charge in [-0.2, -0.15) is 5.10 Å². The molecule has 0 saturated heterocycles. The molecule has 0 unspecified atom stereocenters. The van der Waals surface area contributed by atoms with Crippen LogP contribution in [0.3, 0.4) is 0 Å². The van der Waals surface area contributed by atoms with E-state index in [2.05, 4.69) is 15.5 Å². The van der Waals surface area contributed by atoms with E-state index in [1.807, 2.05) is 6.07 Å². The van der Waals surface area contributed by atoms with Gasteiger partial charge >= 0.3 is 5.69 Å². The van der Waals surface area contributed by atoms with Crippen molar-refractivity contribution in [2.24, 2.45) is 5.10 Å². The smallest absolute Gasteiger partial charge is 0.335 e. The third-order valence-corrected chi connectivity index (χ3v) is 4.74. The average Bonchev–Trinajstić information content (AvgIpc) is 3.12. The lowest BCUT2D eigenvalue weighted by atomic mass is 10.00. The third-order valence-electron chi connectivity index (χ3n) is 4.48. The number of phenolic OH excluding ortho intramolecular Hbond substituents is 1. The first-order valence-corrected chi connectivity index (χ1v) is 8.77. The second-order valence-electron chi connectivity index (χ2n) is 6.31. The molecule has 3 aromatic rings. The standard InChI is InChI=1S/C19H15ClN4O4/c20-11-4-6-12(7-5-11)24-18(27)16(17(26)21-19(24)28)15-9-14(22-23-15)10-2-1-3-13(25)8-10/h1-8,14,22,25,27H,9H2,(H,21,26,28)/t14-/m0/s1. The number of hydrogen-bond donors (Lipinski definition) is 4. The topological polar surface area (TPSA) is 120 Å². The van der Waals surface area contributed by atoms with Gasteiger partial charge in [-0.1, -0.05) is 23.7 Å². The fourth-order valence-corrected chi connectivity index (χ4v) is 3.27. The number of hydrazone groups is 1. The Balaban J connectivity index is 1.75. The summed E-state index contributed by atoms with van der Waals surface area (Å²) in [6.45, 7) is 0. The maximum Gasteiger partial charge on any atom is 0.335 e. The van der Waals surface area contributed by atoms with Gasteiger partial charge in [-0.25, -0.2) is 9.36 Å². The molecule has 1 aromatic heterocycles. The van der Waals surface area contributed by atoms with Gasteiger partial charge in [0.15, 0.2) is 0 Å². The van der Waals surface area contributed by atoms with Crippen molar-refractivity contribution in [3.63, 3.8) is 0 Å². The van der Waals surface area contributed by atoms with Crippen molar-refractivity contribution in [2.45, 2.75) is 12.5 Å². The number of rotatable bonds is 3. The molecule has 0 saturated carbocycles. The first kappa shape index (κ1) is 17.9. The molecule has 2 aromatic carbocycles. The molecule has 0 fully saturated rings. The van der Waals surface area contributed by atoms with Gasteiger partial charge in [-0.15, -0.1) is 0 Å². The molecule has 9 heteroatoms. The van der Waals surface area contributed by atoms with Crippen LogP contribution in [0.15, 0.2) is 63.2 Å². The predicted octanol–water partition coefficient (Wildman–Crippen LogP) is 2.03. The summed E-state index contributed by atoms with van der Waals surface area (Å²) in [4.78, 5) is 26.9. The molecule has 0 amide bonds. The van der Waals surface area contributed by atoms with Crippen molar-refractivity contribution in [3.05, 3.63) is 85.5 Å². The van der Waals surface area contributed by atoms with Crippen LogP contribution in [0.1, 0.15) is 23.6 Å². The maximum atomic E-state index is 12.4. The van der Waals surface area contributed by atoms with Gasteiger partial charge in [0.2, 0.25) is 5.88 Å². The maximum absolute atomic E-state index is 12.4. The van der Waals surface area contributed by atoms with Gasteiger partial charge in [0.25, 0.3) is 5.56 Å². The van der Waals surface area contributed by atoms with Crippen molar-refractivity contribution in [1.82, 2.24) is 15.0 Å². The molecule has 1 atom stereocenters. The Morgan fingerprint density at radius 3 is 2.57 bits per heavy atom. The van der Waals surface area contributed by atoms with E-state index in [1.165, 1.54) is 0 Å². The van der Waals surface area contributed by atoms with Gasteiger partial charge in [0.05, 0.1) is 17.4 Å². The Bertz CT molecular complexity index is 1200. The number of benzene rings is 2. The summed E-state index contributed by atoms with van der Waals surface area (Å²) >= 11 is 5.87. The van der Waals surface area contributed by atoms with E-state index in [-0.39, 0.29) is 17.4 Å². The molecule has 8 nitrogen and oxygen atoms in total. The van der Waals surface area contributed by atoms with Crippen molar-refractivity contribution in [3.8, 4) is 17.3 Å². The number of hydrogen-bond acceptors (Lipinski definition) is 6. The first-order valence-electron chi connectivity index (χ1n) is 8.39. The van der Waals surface area contributed by atoms with Crippen LogP contribution in [0.2, 0.25) is 5.02 Å². The van der Waals surface area contributed by atoms with E-state index in [4.69, 9.17) is 11.6 Å². The first-order chi connectivity index (χ1) is 13.4. The van der Waals surface area contributed by atoms with Crippen molar-refractivity contribution in [2.75, 3.05) is 0 Å². The number of nitrogens with one attached hydrogen (secondary N) is 2. The monoisotopic (exact) mass is 398 g/mol. The average molecular weight is 399 g/mol. The van der Waals surface area contributed by atoms with Gasteiger partial charge in [-0.05, 0) is 42.0 Å². The Morgan fingerprint density at radius 2 is 1.86 bits per heavy atom. The Labute approximate surface area is 163 Å². The summed E-state index contributed by atoms with van der Waals surface area (Å²) in [7, 11) is 0. The number of H-pyrrole nitrogens is 1. The molecular formula is C19H15ClN4O4. The van der Waals surface area contributed by atoms with E-state index >= 15 is 0 Å². The van der Waals surface area contributed by atoms with E-state index < -0.39 is 17.1 Å². The van der Waals surface area contributed by atoms with E-state index in [1.54, 1.807) is 42.5 Å². The fraction of sp³-hybridized carbons (Fsp3) is 0.105.